The van der Waals surface area contributed by atoms with E-state index in [1.807, 2.05) is 0 Å². The molecule has 1 aromatic heterocycles. The maximum Gasteiger partial charge on any atom is 0.414 e. The van der Waals surface area contributed by atoms with E-state index in [9.17, 15) is 20.0 Å². The van der Waals surface area contributed by atoms with Crippen molar-refractivity contribution in [2.75, 3.05) is 0 Å². The number of aliphatic hydroxyl groups is 1. The highest BCUT2D eigenvalue weighted by Crippen LogP contribution is 2.18. The van der Waals surface area contributed by atoms with Crippen LogP contribution in [0.3, 0.4) is 0 Å². The van der Waals surface area contributed by atoms with Crippen LogP contribution in [0.2, 0.25) is 0 Å². The molecule has 0 fully saturated rings. The van der Waals surface area contributed by atoms with Crippen molar-refractivity contribution < 1.29 is 34.6 Å². The lowest BCUT2D eigenvalue weighted by molar-refractivity contribution is -0.384. The van der Waals surface area contributed by atoms with E-state index < -0.39 is 23.0 Å². The van der Waals surface area contributed by atoms with E-state index >= 15 is 0 Å². The first-order valence-corrected chi connectivity index (χ1v) is 8.07. The van der Waals surface area contributed by atoms with Crippen LogP contribution in [0.25, 0.3) is 0 Å². The number of aromatic nitrogens is 1. The van der Waals surface area contributed by atoms with Crippen molar-refractivity contribution in [2.24, 2.45) is 4.99 Å². The van der Waals surface area contributed by atoms with E-state index in [0.717, 1.165) is 0 Å². The Balaban J connectivity index is 0.000000527. The Morgan fingerprint density at radius 1 is 1.22 bits per heavy atom. The molecule has 12 heteroatoms. The largest absolute Gasteiger partial charge is 0.473 e. The van der Waals surface area contributed by atoms with Gasteiger partial charge in [0.05, 0.1) is 17.6 Å². The summed E-state index contributed by atoms with van der Waals surface area (Å²) in [6, 6.07) is 5.71. The molecule has 0 saturated heterocycles. The molecule has 0 radical (unpaired) electrons. The number of carbonyl (C=O) groups excluding carboxylic acids is 1. The molecule has 1 aromatic carbocycles. The highest BCUT2D eigenvalue weighted by atomic mass is 32.1. The zero-order valence-electron chi connectivity index (χ0n) is 13.9. The third kappa shape index (κ3) is 7.17. The summed E-state index contributed by atoms with van der Waals surface area (Å²) in [7, 11) is 0. The van der Waals surface area contributed by atoms with E-state index in [4.69, 9.17) is 19.8 Å². The summed E-state index contributed by atoms with van der Waals surface area (Å²) in [6.07, 6.45) is 0.882. The van der Waals surface area contributed by atoms with E-state index in [1.165, 1.54) is 42.5 Å². The number of thiazole rings is 1. The topological polar surface area (TPSA) is 172 Å². The average Bonchev–Trinajstić information content (AvgIpc) is 3.01. The van der Waals surface area contributed by atoms with Gasteiger partial charge in [-0.15, -0.1) is 11.3 Å². The van der Waals surface area contributed by atoms with Gasteiger partial charge in [-0.1, -0.05) is 0 Å². The SMILES string of the molecule is CC(=O)N=c1sccn1CC(O)c1ccc([N+](=O)[O-])cc1.O=C(O)C(=O)O. The first-order valence-electron chi connectivity index (χ1n) is 7.19. The highest BCUT2D eigenvalue weighted by molar-refractivity contribution is 7.07. The number of aliphatic carboxylic acids is 2. The monoisotopic (exact) mass is 397 g/mol. The van der Waals surface area contributed by atoms with Gasteiger partial charge in [0, 0.05) is 30.6 Å². The third-order valence-electron chi connectivity index (χ3n) is 2.95. The van der Waals surface area contributed by atoms with Crippen LogP contribution in [0, 0.1) is 10.1 Å². The van der Waals surface area contributed by atoms with Crippen LogP contribution >= 0.6 is 11.3 Å². The van der Waals surface area contributed by atoms with Gasteiger partial charge in [0.25, 0.3) is 5.69 Å². The number of carbonyl (C=O) groups is 3. The quantitative estimate of drug-likeness (QED) is 0.386. The summed E-state index contributed by atoms with van der Waals surface area (Å²) < 4.78 is 1.66. The predicted molar refractivity (Wildman–Crippen MR) is 91.9 cm³/mol. The number of non-ortho nitro benzene ring substituents is 1. The van der Waals surface area contributed by atoms with Crippen LogP contribution in [0.1, 0.15) is 18.6 Å². The molecule has 2 aromatic rings. The molecule has 11 nitrogen and oxygen atoms in total. The molecule has 0 saturated carbocycles. The number of benzene rings is 1. The fraction of sp³-hybridized carbons (Fsp3) is 0.200. The first-order chi connectivity index (χ1) is 12.6. The van der Waals surface area contributed by atoms with E-state index in [1.54, 1.807) is 16.1 Å². The lowest BCUT2D eigenvalue weighted by Gasteiger charge is -2.11. The molecule has 1 amide bonds. The van der Waals surface area contributed by atoms with Crippen molar-refractivity contribution in [1.29, 1.82) is 0 Å². The van der Waals surface area contributed by atoms with Crippen LogP contribution in [-0.2, 0) is 20.9 Å². The molecule has 3 N–H and O–H groups in total. The van der Waals surface area contributed by atoms with Gasteiger partial charge in [0.2, 0.25) is 5.91 Å². The minimum Gasteiger partial charge on any atom is -0.473 e. The normalized spacial score (nSPS) is 11.9. The Labute approximate surface area is 155 Å². The number of aliphatic hydroxyl groups excluding tert-OH is 1. The number of hydrogen-bond acceptors (Lipinski definition) is 7. The zero-order chi connectivity index (χ0) is 20.6. The van der Waals surface area contributed by atoms with E-state index in [-0.39, 0.29) is 18.1 Å². The Morgan fingerprint density at radius 3 is 2.22 bits per heavy atom. The molecule has 1 heterocycles. The van der Waals surface area contributed by atoms with Gasteiger partial charge in [-0.2, -0.15) is 4.99 Å². The number of carboxylic acids is 2. The van der Waals surface area contributed by atoms with Crippen LogP contribution in [-0.4, -0.2) is 42.7 Å². The highest BCUT2D eigenvalue weighted by Gasteiger charge is 2.12. The van der Waals surface area contributed by atoms with E-state index in [2.05, 4.69) is 4.99 Å². The smallest absolute Gasteiger partial charge is 0.414 e. The van der Waals surface area contributed by atoms with Crippen LogP contribution in [0.5, 0.6) is 0 Å². The van der Waals surface area contributed by atoms with Crippen molar-refractivity contribution >= 4 is 34.9 Å². The number of hydrogen-bond donors (Lipinski definition) is 3. The van der Waals surface area contributed by atoms with Gasteiger partial charge >= 0.3 is 11.9 Å². The predicted octanol–water partition coefficient (Wildman–Crippen LogP) is 0.794. The summed E-state index contributed by atoms with van der Waals surface area (Å²) in [6.45, 7) is 1.57. The number of rotatable bonds is 4. The molecule has 0 aliphatic carbocycles. The number of carboxylic acid groups (broad SMARTS) is 2. The Morgan fingerprint density at radius 2 is 1.78 bits per heavy atom. The molecular weight excluding hydrogens is 382 g/mol. The first kappa shape index (κ1) is 21.7. The van der Waals surface area contributed by atoms with Crippen molar-refractivity contribution in [3.8, 4) is 0 Å². The van der Waals surface area contributed by atoms with Gasteiger partial charge in [0.1, 0.15) is 0 Å². The average molecular weight is 397 g/mol. The fourth-order valence-corrected chi connectivity index (χ4v) is 2.55. The standard InChI is InChI=1S/C13H13N3O4S.C2H2O4/c1-9(17)14-13-15(6-7-21-13)8-12(18)10-2-4-11(5-3-10)16(19)20;3-1(4)2(5)6/h2-7,12,18H,8H2,1H3;(H,3,4)(H,5,6). The number of nitro groups is 1. The number of nitrogens with zero attached hydrogens (tertiary/aromatic N) is 3. The lowest BCUT2D eigenvalue weighted by atomic mass is 10.1. The molecule has 0 aliphatic rings. The molecule has 144 valence electrons. The fourth-order valence-electron chi connectivity index (χ4n) is 1.77. The molecule has 2 rings (SSSR count). The second-order valence-corrected chi connectivity index (χ2v) is 5.82. The minimum atomic E-state index is -1.82. The summed E-state index contributed by atoms with van der Waals surface area (Å²) in [5.41, 5.74) is 0.537. The van der Waals surface area contributed by atoms with Gasteiger partial charge in [-0.25, -0.2) is 9.59 Å². The summed E-state index contributed by atoms with van der Waals surface area (Å²) in [5, 5.41) is 37.3. The van der Waals surface area contributed by atoms with Crippen molar-refractivity contribution in [3.05, 3.63) is 56.3 Å². The zero-order valence-corrected chi connectivity index (χ0v) is 14.7. The van der Waals surface area contributed by atoms with Crippen LogP contribution in [0.15, 0.2) is 40.8 Å². The summed E-state index contributed by atoms with van der Waals surface area (Å²) >= 11 is 1.30. The number of amides is 1. The molecule has 0 bridgehead atoms. The van der Waals surface area contributed by atoms with Gasteiger partial charge in [0.15, 0.2) is 4.80 Å². The Bertz CT molecular complexity index is 888. The second kappa shape index (κ2) is 9.94. The third-order valence-corrected chi connectivity index (χ3v) is 3.75. The van der Waals surface area contributed by atoms with Crippen molar-refractivity contribution in [2.45, 2.75) is 19.6 Å². The molecule has 0 spiro atoms. The van der Waals surface area contributed by atoms with Crippen molar-refractivity contribution in [3.63, 3.8) is 0 Å². The van der Waals surface area contributed by atoms with Gasteiger partial charge in [-0.05, 0) is 17.7 Å². The maximum atomic E-state index is 11.0. The number of nitro benzene ring substituents is 1. The van der Waals surface area contributed by atoms with Crippen molar-refractivity contribution in [1.82, 2.24) is 4.57 Å². The Kier molecular flexibility index (Phi) is 7.97. The molecule has 1 unspecified atom stereocenters. The van der Waals surface area contributed by atoms with Crippen LogP contribution in [0.4, 0.5) is 5.69 Å². The van der Waals surface area contributed by atoms with Gasteiger partial charge in [-0.3, -0.25) is 14.9 Å². The second-order valence-electron chi connectivity index (χ2n) is 4.94. The minimum absolute atomic E-state index is 0.0265. The maximum absolute atomic E-state index is 11.0. The molecule has 1 atom stereocenters. The lowest BCUT2D eigenvalue weighted by Crippen LogP contribution is -2.19. The van der Waals surface area contributed by atoms with Gasteiger partial charge < -0.3 is 19.9 Å². The van der Waals surface area contributed by atoms with Crippen LogP contribution < -0.4 is 4.80 Å². The van der Waals surface area contributed by atoms with E-state index in [0.29, 0.717) is 10.4 Å². The molecule has 27 heavy (non-hydrogen) atoms. The molecular formula is C15H15N3O8S. The molecule has 0 aliphatic heterocycles. The Hall–Kier alpha value is -3.38. The summed E-state index contributed by atoms with van der Waals surface area (Å²) in [5.74, 6) is -3.96. The summed E-state index contributed by atoms with van der Waals surface area (Å²) in [4.78, 5) is 43.7.